The minimum Gasteiger partial charge on any atom is -0.474 e. The Morgan fingerprint density at radius 3 is 2.25 bits per heavy atom. The molecule has 1 saturated carbocycles. The van der Waals surface area contributed by atoms with Gasteiger partial charge in [0.05, 0.1) is 0 Å². The minimum absolute atomic E-state index is 0.192. The van der Waals surface area contributed by atoms with E-state index in [2.05, 4.69) is 64.1 Å². The number of rotatable bonds is 3. The van der Waals surface area contributed by atoms with Crippen molar-refractivity contribution in [1.29, 1.82) is 0 Å². The molecule has 0 radical (unpaired) electrons. The molecule has 0 spiro atoms. The molecule has 0 aromatic rings. The van der Waals surface area contributed by atoms with Crippen molar-refractivity contribution in [3.05, 3.63) is 12.0 Å². The van der Waals surface area contributed by atoms with Gasteiger partial charge in [0.1, 0.15) is 6.10 Å². The van der Waals surface area contributed by atoms with Crippen LogP contribution in [-0.4, -0.2) is 23.9 Å². The molecule has 114 valence electrons. The predicted molar refractivity (Wildman–Crippen MR) is 84.9 cm³/mol. The van der Waals surface area contributed by atoms with Gasteiger partial charge in [-0.3, -0.25) is 0 Å². The molecule has 0 bridgehead atoms. The van der Waals surface area contributed by atoms with Crippen LogP contribution in [0.1, 0.15) is 60.8 Å². The van der Waals surface area contributed by atoms with Gasteiger partial charge in [-0.25, -0.2) is 4.99 Å². The summed E-state index contributed by atoms with van der Waals surface area (Å²) in [4.78, 5) is 4.49. The van der Waals surface area contributed by atoms with Gasteiger partial charge >= 0.3 is 0 Å². The first kappa shape index (κ1) is 15.6. The Bertz CT molecular complexity index is 392. The molecule has 20 heavy (non-hydrogen) atoms. The molecule has 0 aromatic heterocycles. The highest BCUT2D eigenvalue weighted by Crippen LogP contribution is 2.32. The van der Waals surface area contributed by atoms with E-state index in [-0.39, 0.29) is 11.0 Å². The highest BCUT2D eigenvalue weighted by Gasteiger charge is 2.34. The molecule has 0 amide bonds. The first-order valence-electron chi connectivity index (χ1n) is 7.82. The Balaban J connectivity index is 1.73. The summed E-state index contributed by atoms with van der Waals surface area (Å²) in [6.07, 6.45) is 7.78. The van der Waals surface area contributed by atoms with Gasteiger partial charge in [0.2, 0.25) is 5.88 Å². The number of ether oxygens (including phenoxy) is 1. The molecule has 1 aliphatic heterocycles. The van der Waals surface area contributed by atoms with E-state index in [1.165, 1.54) is 0 Å². The lowest BCUT2D eigenvalue weighted by Gasteiger charge is -2.40. The average molecular weight is 278 g/mol. The van der Waals surface area contributed by atoms with E-state index < -0.39 is 0 Å². The lowest BCUT2D eigenvalue weighted by atomic mass is 9.79. The molecule has 2 rings (SSSR count). The molecule has 1 heterocycles. The Labute approximate surface area is 123 Å². The van der Waals surface area contributed by atoms with E-state index in [1.807, 2.05) is 0 Å². The molecule has 1 unspecified atom stereocenters. The zero-order valence-corrected chi connectivity index (χ0v) is 13.9. The highest BCUT2D eigenvalue weighted by molar-refractivity contribution is 5.64. The zero-order chi connectivity index (χ0) is 15.0. The number of aliphatic imine (C=N–C) groups is 1. The molecule has 3 heteroatoms. The first-order chi connectivity index (χ1) is 9.13. The third kappa shape index (κ3) is 4.34. The minimum atomic E-state index is 0.192. The number of hydrogen-bond donors (Lipinski definition) is 1. The first-order valence-corrected chi connectivity index (χ1v) is 7.82. The van der Waals surface area contributed by atoms with Crippen molar-refractivity contribution >= 4 is 6.21 Å². The van der Waals surface area contributed by atoms with Crippen molar-refractivity contribution in [3.8, 4) is 0 Å². The van der Waals surface area contributed by atoms with Crippen LogP contribution < -0.4 is 5.32 Å². The maximum atomic E-state index is 5.96. The van der Waals surface area contributed by atoms with Crippen molar-refractivity contribution in [2.24, 2.45) is 16.3 Å². The van der Waals surface area contributed by atoms with Crippen LogP contribution in [0.4, 0.5) is 0 Å². The normalized spacial score (nSPS) is 30.7. The van der Waals surface area contributed by atoms with Gasteiger partial charge in [0, 0.05) is 23.7 Å². The van der Waals surface area contributed by atoms with Gasteiger partial charge in [-0.1, -0.05) is 20.8 Å². The standard InChI is InChI=1S/C17H30N2O/c1-16(2,3)12-7-8-15(18-11-12)20-14-9-13(10-14)19-17(4,5)6/h8,11-14,19H,7,9-10H2,1-6H3/t12?,13-,14-. The van der Waals surface area contributed by atoms with Gasteiger partial charge in [-0.15, -0.1) is 0 Å². The van der Waals surface area contributed by atoms with E-state index in [0.717, 1.165) is 25.1 Å². The van der Waals surface area contributed by atoms with E-state index >= 15 is 0 Å². The fourth-order valence-electron chi connectivity index (χ4n) is 2.72. The van der Waals surface area contributed by atoms with Crippen molar-refractivity contribution in [2.75, 3.05) is 0 Å². The average Bonchev–Trinajstić information content (AvgIpc) is 2.24. The summed E-state index contributed by atoms with van der Waals surface area (Å²) >= 11 is 0. The van der Waals surface area contributed by atoms with Crippen molar-refractivity contribution < 1.29 is 4.74 Å². The molecule has 2 aliphatic rings. The maximum Gasteiger partial charge on any atom is 0.208 e. The molecular weight excluding hydrogens is 248 g/mol. The fourth-order valence-corrected chi connectivity index (χ4v) is 2.72. The maximum absolute atomic E-state index is 5.96. The largest absolute Gasteiger partial charge is 0.474 e. The molecule has 1 aliphatic carbocycles. The second kappa shape index (κ2) is 5.51. The second-order valence-electron chi connectivity index (χ2n) is 8.33. The van der Waals surface area contributed by atoms with Gasteiger partial charge < -0.3 is 10.1 Å². The number of hydrogen-bond acceptors (Lipinski definition) is 3. The Kier molecular flexibility index (Phi) is 4.29. The lowest BCUT2D eigenvalue weighted by Crippen LogP contribution is -2.52. The van der Waals surface area contributed by atoms with Crippen LogP contribution in [-0.2, 0) is 4.74 Å². The quantitative estimate of drug-likeness (QED) is 0.849. The number of allylic oxidation sites excluding steroid dienone is 1. The molecule has 1 atom stereocenters. The molecule has 3 nitrogen and oxygen atoms in total. The Morgan fingerprint density at radius 1 is 1.15 bits per heavy atom. The molecule has 1 fully saturated rings. The Hall–Kier alpha value is -0.830. The number of nitrogens with zero attached hydrogens (tertiary/aromatic N) is 1. The van der Waals surface area contributed by atoms with Crippen molar-refractivity contribution in [3.63, 3.8) is 0 Å². The third-order valence-corrected chi connectivity index (χ3v) is 4.06. The fraction of sp³-hybridized carbons (Fsp3) is 0.824. The predicted octanol–water partition coefficient (Wildman–Crippen LogP) is 3.90. The van der Waals surface area contributed by atoms with Crippen molar-refractivity contribution in [1.82, 2.24) is 5.32 Å². The molecule has 0 aromatic carbocycles. The van der Waals surface area contributed by atoms with Crippen molar-refractivity contribution in [2.45, 2.75) is 78.5 Å². The van der Waals surface area contributed by atoms with Crippen LogP contribution in [0.2, 0.25) is 0 Å². The van der Waals surface area contributed by atoms with E-state index in [4.69, 9.17) is 4.74 Å². The summed E-state index contributed by atoms with van der Waals surface area (Å²) in [5.41, 5.74) is 0.474. The second-order valence-corrected chi connectivity index (χ2v) is 8.33. The SMILES string of the molecule is CC(C)(C)N[C@H]1C[C@H](OC2=CCC(C(C)(C)C)C=N2)C1. The van der Waals surface area contributed by atoms with Gasteiger partial charge in [-0.05, 0) is 51.5 Å². The number of nitrogens with one attached hydrogen (secondary N) is 1. The molecule has 1 N–H and O–H groups in total. The third-order valence-electron chi connectivity index (χ3n) is 4.06. The lowest BCUT2D eigenvalue weighted by molar-refractivity contribution is 0.0182. The Morgan fingerprint density at radius 2 is 1.80 bits per heavy atom. The topological polar surface area (TPSA) is 33.6 Å². The van der Waals surface area contributed by atoms with Crippen LogP contribution >= 0.6 is 0 Å². The summed E-state index contributed by atoms with van der Waals surface area (Å²) in [7, 11) is 0. The van der Waals surface area contributed by atoms with Crippen LogP contribution in [0.25, 0.3) is 0 Å². The molecule has 0 saturated heterocycles. The summed E-state index contributed by atoms with van der Waals surface area (Å²) in [6.45, 7) is 13.4. The van der Waals surface area contributed by atoms with Crippen LogP contribution in [0.5, 0.6) is 0 Å². The summed E-state index contributed by atoms with van der Waals surface area (Å²) in [5.74, 6) is 1.34. The van der Waals surface area contributed by atoms with Gasteiger partial charge in [0.25, 0.3) is 0 Å². The molecular formula is C17H30N2O. The highest BCUT2D eigenvalue weighted by atomic mass is 16.5. The summed E-state index contributed by atoms with van der Waals surface area (Å²) < 4.78 is 5.96. The van der Waals surface area contributed by atoms with Gasteiger partial charge in [0.15, 0.2) is 0 Å². The van der Waals surface area contributed by atoms with E-state index in [0.29, 0.717) is 18.1 Å². The van der Waals surface area contributed by atoms with E-state index in [9.17, 15) is 0 Å². The smallest absolute Gasteiger partial charge is 0.208 e. The van der Waals surface area contributed by atoms with Crippen LogP contribution in [0.15, 0.2) is 17.0 Å². The monoisotopic (exact) mass is 278 g/mol. The van der Waals surface area contributed by atoms with Gasteiger partial charge in [-0.2, -0.15) is 0 Å². The van der Waals surface area contributed by atoms with E-state index in [1.54, 1.807) is 0 Å². The zero-order valence-electron chi connectivity index (χ0n) is 13.9. The summed E-state index contributed by atoms with van der Waals surface area (Å²) in [5, 5.41) is 3.61. The summed E-state index contributed by atoms with van der Waals surface area (Å²) in [6, 6.07) is 0.593. The van der Waals surface area contributed by atoms with Crippen LogP contribution in [0, 0.1) is 11.3 Å². The van der Waals surface area contributed by atoms with Crippen LogP contribution in [0.3, 0.4) is 0 Å².